The number of rotatable bonds is 4. The molecule has 1 aromatic carbocycles. The quantitative estimate of drug-likeness (QED) is 0.882. The van der Waals surface area contributed by atoms with Gasteiger partial charge in [0, 0.05) is 32.4 Å². The van der Waals surface area contributed by atoms with E-state index in [1.54, 1.807) is 0 Å². The van der Waals surface area contributed by atoms with E-state index in [9.17, 15) is 4.79 Å². The Hall–Kier alpha value is -1.55. The molecule has 0 aromatic heterocycles. The highest BCUT2D eigenvalue weighted by Gasteiger charge is 2.32. The van der Waals surface area contributed by atoms with Gasteiger partial charge in [-0.3, -0.25) is 4.79 Å². The Morgan fingerprint density at radius 3 is 2.53 bits per heavy atom. The van der Waals surface area contributed by atoms with Crippen molar-refractivity contribution in [1.29, 1.82) is 0 Å². The number of nitrogens with zero attached hydrogens (tertiary/aromatic N) is 2. The molecule has 0 radical (unpaired) electrons. The maximum atomic E-state index is 12.3. The minimum Gasteiger partial charge on any atom is -0.357 e. The van der Waals surface area contributed by atoms with Crippen LogP contribution < -0.4 is 10.2 Å². The van der Waals surface area contributed by atoms with Crippen LogP contribution in [0.5, 0.6) is 0 Å². The lowest BCUT2D eigenvalue weighted by Gasteiger charge is -2.40. The van der Waals surface area contributed by atoms with Gasteiger partial charge in [0.05, 0.1) is 0 Å². The van der Waals surface area contributed by atoms with Crippen molar-refractivity contribution in [2.24, 2.45) is 0 Å². The molecular weight excluding hydrogens is 238 g/mol. The lowest BCUT2D eigenvalue weighted by Crippen LogP contribution is -2.59. The second-order valence-corrected chi connectivity index (χ2v) is 5.05. The van der Waals surface area contributed by atoms with Gasteiger partial charge in [0.15, 0.2) is 0 Å². The Labute approximate surface area is 115 Å². The first kappa shape index (κ1) is 13.9. The Morgan fingerprint density at radius 1 is 1.26 bits per heavy atom. The van der Waals surface area contributed by atoms with Crippen LogP contribution in [-0.2, 0) is 11.2 Å². The summed E-state index contributed by atoms with van der Waals surface area (Å²) in [5.74, 6) is 0.195. The first-order chi connectivity index (χ1) is 9.17. The maximum absolute atomic E-state index is 12.3. The van der Waals surface area contributed by atoms with Crippen LogP contribution in [0, 0.1) is 0 Å². The lowest BCUT2D eigenvalue weighted by molar-refractivity contribution is -0.132. The van der Waals surface area contributed by atoms with E-state index in [2.05, 4.69) is 41.4 Å². The minimum absolute atomic E-state index is 0.101. The van der Waals surface area contributed by atoms with Crippen LogP contribution in [0.15, 0.2) is 24.3 Å². The monoisotopic (exact) mass is 261 g/mol. The number of carbonyl (C=O) groups is 1. The molecule has 1 aliphatic rings. The maximum Gasteiger partial charge on any atom is 0.246 e. The van der Waals surface area contributed by atoms with Crippen molar-refractivity contribution in [1.82, 2.24) is 10.2 Å². The van der Waals surface area contributed by atoms with Crippen molar-refractivity contribution in [3.63, 3.8) is 0 Å². The summed E-state index contributed by atoms with van der Waals surface area (Å²) in [5.41, 5.74) is 2.47. The van der Waals surface area contributed by atoms with Gasteiger partial charge in [-0.05, 0) is 31.2 Å². The summed E-state index contributed by atoms with van der Waals surface area (Å²) in [6, 6.07) is 8.44. The number of amides is 1. The van der Waals surface area contributed by atoms with Crippen LogP contribution in [0.3, 0.4) is 0 Å². The summed E-state index contributed by atoms with van der Waals surface area (Å²) in [5, 5.41) is 3.12. The van der Waals surface area contributed by atoms with E-state index in [-0.39, 0.29) is 11.9 Å². The van der Waals surface area contributed by atoms with Gasteiger partial charge in [0.2, 0.25) is 5.91 Å². The summed E-state index contributed by atoms with van der Waals surface area (Å²) in [6.45, 7) is 4.51. The molecule has 1 amide bonds. The number of likely N-dealkylation sites (N-methyl/N-ethyl adjacent to an activating group) is 2. The number of aryl methyl sites for hydroxylation is 1. The van der Waals surface area contributed by atoms with Crippen molar-refractivity contribution in [2.75, 3.05) is 38.6 Å². The number of hydrogen-bond donors (Lipinski definition) is 1. The number of anilines is 1. The van der Waals surface area contributed by atoms with Crippen molar-refractivity contribution >= 4 is 11.6 Å². The van der Waals surface area contributed by atoms with Gasteiger partial charge in [-0.1, -0.05) is 19.1 Å². The van der Waals surface area contributed by atoms with Gasteiger partial charge >= 0.3 is 0 Å². The fourth-order valence-corrected chi connectivity index (χ4v) is 2.53. The molecule has 4 heteroatoms. The number of benzene rings is 1. The van der Waals surface area contributed by atoms with Gasteiger partial charge in [-0.25, -0.2) is 0 Å². The molecule has 4 nitrogen and oxygen atoms in total. The van der Waals surface area contributed by atoms with Gasteiger partial charge in [-0.15, -0.1) is 0 Å². The van der Waals surface area contributed by atoms with Crippen molar-refractivity contribution in [2.45, 2.75) is 19.4 Å². The van der Waals surface area contributed by atoms with Crippen molar-refractivity contribution in [3.05, 3.63) is 29.8 Å². The lowest BCUT2D eigenvalue weighted by atomic mass is 10.1. The summed E-state index contributed by atoms with van der Waals surface area (Å²) >= 11 is 0. The average molecular weight is 261 g/mol. The summed E-state index contributed by atoms with van der Waals surface area (Å²) in [6.07, 6.45) is 1.04. The second-order valence-electron chi connectivity index (χ2n) is 5.05. The first-order valence-electron chi connectivity index (χ1n) is 6.92. The molecule has 0 saturated carbocycles. The fraction of sp³-hybridized carbons (Fsp3) is 0.533. The third-order valence-corrected chi connectivity index (χ3v) is 3.79. The van der Waals surface area contributed by atoms with Gasteiger partial charge < -0.3 is 15.1 Å². The molecule has 1 fully saturated rings. The Kier molecular flexibility index (Phi) is 4.43. The van der Waals surface area contributed by atoms with E-state index in [0.717, 1.165) is 25.2 Å². The molecule has 1 saturated heterocycles. The Bertz CT molecular complexity index is 430. The molecule has 19 heavy (non-hydrogen) atoms. The smallest absolute Gasteiger partial charge is 0.246 e. The van der Waals surface area contributed by atoms with Crippen LogP contribution in [0.25, 0.3) is 0 Å². The van der Waals surface area contributed by atoms with Crippen LogP contribution in [0.4, 0.5) is 5.69 Å². The average Bonchev–Trinajstić information content (AvgIpc) is 2.44. The van der Waals surface area contributed by atoms with Gasteiger partial charge in [-0.2, -0.15) is 0 Å². The number of hydrogen-bond acceptors (Lipinski definition) is 3. The highest BCUT2D eigenvalue weighted by atomic mass is 16.2. The van der Waals surface area contributed by atoms with Gasteiger partial charge in [0.25, 0.3) is 0 Å². The third kappa shape index (κ3) is 2.89. The molecule has 2 rings (SSSR count). The molecule has 1 aliphatic heterocycles. The SMILES string of the molecule is CCc1ccc(N2CCN(C)C(=O)C2CNC)cc1. The van der Waals surface area contributed by atoms with E-state index >= 15 is 0 Å². The second kappa shape index (κ2) is 6.06. The highest BCUT2D eigenvalue weighted by Crippen LogP contribution is 2.21. The molecule has 0 aliphatic carbocycles. The molecule has 0 bridgehead atoms. The van der Waals surface area contributed by atoms with E-state index in [4.69, 9.17) is 0 Å². The molecule has 1 aromatic rings. The van der Waals surface area contributed by atoms with E-state index < -0.39 is 0 Å². The summed E-state index contributed by atoms with van der Waals surface area (Å²) < 4.78 is 0. The first-order valence-corrected chi connectivity index (χ1v) is 6.92. The van der Waals surface area contributed by atoms with Crippen molar-refractivity contribution < 1.29 is 4.79 Å². The molecule has 1 heterocycles. The van der Waals surface area contributed by atoms with Crippen LogP contribution in [0.1, 0.15) is 12.5 Å². The van der Waals surface area contributed by atoms with Crippen LogP contribution in [-0.4, -0.2) is 50.6 Å². The molecule has 0 spiro atoms. The summed E-state index contributed by atoms with van der Waals surface area (Å²) in [7, 11) is 3.77. The predicted octanol–water partition coefficient (Wildman–Crippen LogP) is 1.12. The van der Waals surface area contributed by atoms with E-state index in [1.165, 1.54) is 5.56 Å². The molecule has 104 valence electrons. The van der Waals surface area contributed by atoms with Crippen LogP contribution >= 0.6 is 0 Å². The number of carbonyl (C=O) groups excluding carboxylic acids is 1. The number of piperazine rings is 1. The predicted molar refractivity (Wildman–Crippen MR) is 78.5 cm³/mol. The molecule has 1 N–H and O–H groups in total. The zero-order chi connectivity index (χ0) is 13.8. The van der Waals surface area contributed by atoms with Crippen LogP contribution in [0.2, 0.25) is 0 Å². The molecular formula is C15H23N3O. The summed E-state index contributed by atoms with van der Waals surface area (Å²) in [4.78, 5) is 16.3. The fourth-order valence-electron chi connectivity index (χ4n) is 2.53. The Balaban J connectivity index is 2.22. The zero-order valence-corrected chi connectivity index (χ0v) is 12.0. The van der Waals surface area contributed by atoms with Gasteiger partial charge in [0.1, 0.15) is 6.04 Å². The minimum atomic E-state index is -0.101. The topological polar surface area (TPSA) is 35.6 Å². The van der Waals surface area contributed by atoms with Crippen molar-refractivity contribution in [3.8, 4) is 0 Å². The normalized spacial score (nSPS) is 19.9. The Morgan fingerprint density at radius 2 is 1.95 bits per heavy atom. The van der Waals surface area contributed by atoms with E-state index in [1.807, 2.05) is 19.0 Å². The van der Waals surface area contributed by atoms with E-state index in [0.29, 0.717) is 6.54 Å². The number of nitrogens with one attached hydrogen (secondary N) is 1. The zero-order valence-electron chi connectivity index (χ0n) is 12.0. The largest absolute Gasteiger partial charge is 0.357 e. The molecule has 1 atom stereocenters. The molecule has 1 unspecified atom stereocenters. The standard InChI is InChI=1S/C15H23N3O/c1-4-12-5-7-13(8-6-12)18-10-9-17(3)15(19)14(18)11-16-2/h5-8,14,16H,4,9-11H2,1-3H3. The third-order valence-electron chi connectivity index (χ3n) is 3.79. The highest BCUT2D eigenvalue weighted by molar-refractivity contribution is 5.86.